The third kappa shape index (κ3) is 1.84. The van der Waals surface area contributed by atoms with Crippen LogP contribution in [0.1, 0.15) is 58.8 Å². The van der Waals surface area contributed by atoms with Gasteiger partial charge in [-0.15, -0.1) is 0 Å². The van der Waals surface area contributed by atoms with Crippen LogP contribution in [0.25, 0.3) is 0 Å². The van der Waals surface area contributed by atoms with Gasteiger partial charge in [0.15, 0.2) is 0 Å². The first-order valence-electron chi connectivity index (χ1n) is 6.62. The van der Waals surface area contributed by atoms with E-state index in [0.717, 1.165) is 18.0 Å². The Labute approximate surface area is 88.9 Å². The second-order valence-electron chi connectivity index (χ2n) is 5.14. The van der Waals surface area contributed by atoms with Crippen LogP contribution in [0.5, 0.6) is 0 Å². The Balaban J connectivity index is 1.99. The fourth-order valence-corrected chi connectivity index (χ4v) is 3.66. The molecule has 0 aliphatic carbocycles. The molecular weight excluding hydrogens is 170 g/mol. The lowest BCUT2D eigenvalue weighted by molar-refractivity contribution is 0.0670. The minimum absolute atomic E-state index is 0.940. The van der Waals surface area contributed by atoms with Crippen LogP contribution >= 0.6 is 0 Å². The number of fused-ring (bicyclic) bond motifs is 1. The summed E-state index contributed by atoms with van der Waals surface area (Å²) in [6.07, 6.45) is 10.1. The SMILES string of the molecule is CCC[C@@H]1CC[C@H](CC)[C@@H]2CCCN12. The second kappa shape index (κ2) is 4.65. The van der Waals surface area contributed by atoms with Crippen molar-refractivity contribution in [2.45, 2.75) is 70.9 Å². The zero-order chi connectivity index (χ0) is 9.97. The number of piperidine rings is 1. The van der Waals surface area contributed by atoms with Crippen LogP contribution in [0, 0.1) is 5.92 Å². The molecule has 0 spiro atoms. The maximum atomic E-state index is 2.85. The fraction of sp³-hybridized carbons (Fsp3) is 1.00. The highest BCUT2D eigenvalue weighted by Gasteiger charge is 2.38. The van der Waals surface area contributed by atoms with E-state index in [1.165, 1.54) is 51.5 Å². The molecule has 1 nitrogen and oxygen atoms in total. The van der Waals surface area contributed by atoms with Crippen LogP contribution in [0.3, 0.4) is 0 Å². The van der Waals surface area contributed by atoms with E-state index in [9.17, 15) is 0 Å². The van der Waals surface area contributed by atoms with Crippen molar-refractivity contribution in [1.29, 1.82) is 0 Å². The summed E-state index contributed by atoms with van der Waals surface area (Å²) in [5.41, 5.74) is 0. The highest BCUT2D eigenvalue weighted by molar-refractivity contribution is 4.93. The van der Waals surface area contributed by atoms with Gasteiger partial charge in [-0.25, -0.2) is 0 Å². The summed E-state index contributed by atoms with van der Waals surface area (Å²) >= 11 is 0. The molecule has 2 aliphatic rings. The molecule has 0 bridgehead atoms. The number of hydrogen-bond acceptors (Lipinski definition) is 1. The van der Waals surface area contributed by atoms with Crippen LogP contribution in [0.2, 0.25) is 0 Å². The molecule has 3 atom stereocenters. The first-order valence-corrected chi connectivity index (χ1v) is 6.62. The molecule has 0 radical (unpaired) electrons. The summed E-state index contributed by atoms with van der Waals surface area (Å²) in [7, 11) is 0. The largest absolute Gasteiger partial charge is 0.297 e. The van der Waals surface area contributed by atoms with Crippen molar-refractivity contribution in [3.8, 4) is 0 Å². The lowest BCUT2D eigenvalue weighted by Gasteiger charge is -2.42. The minimum atomic E-state index is 0.940. The van der Waals surface area contributed by atoms with Crippen LogP contribution in [0.15, 0.2) is 0 Å². The first-order chi connectivity index (χ1) is 6.86. The van der Waals surface area contributed by atoms with Crippen molar-refractivity contribution >= 4 is 0 Å². The average Bonchev–Trinajstić information content (AvgIpc) is 2.67. The summed E-state index contributed by atoms with van der Waals surface area (Å²) in [4.78, 5) is 2.85. The summed E-state index contributed by atoms with van der Waals surface area (Å²) in [6.45, 7) is 6.10. The highest BCUT2D eigenvalue weighted by atomic mass is 15.2. The Morgan fingerprint density at radius 2 is 2.00 bits per heavy atom. The molecule has 0 unspecified atom stereocenters. The van der Waals surface area contributed by atoms with E-state index in [0.29, 0.717) is 0 Å². The minimum Gasteiger partial charge on any atom is -0.297 e. The van der Waals surface area contributed by atoms with Gasteiger partial charge in [0, 0.05) is 12.1 Å². The molecule has 0 aromatic carbocycles. The number of rotatable bonds is 3. The van der Waals surface area contributed by atoms with Gasteiger partial charge in [0.2, 0.25) is 0 Å². The molecule has 82 valence electrons. The van der Waals surface area contributed by atoms with Crippen molar-refractivity contribution in [2.75, 3.05) is 6.54 Å². The Hall–Kier alpha value is -0.0400. The van der Waals surface area contributed by atoms with Crippen molar-refractivity contribution in [2.24, 2.45) is 5.92 Å². The van der Waals surface area contributed by atoms with Crippen LogP contribution in [-0.4, -0.2) is 23.5 Å². The maximum Gasteiger partial charge on any atom is 0.0127 e. The summed E-state index contributed by atoms with van der Waals surface area (Å²) in [5.74, 6) is 1.02. The van der Waals surface area contributed by atoms with E-state index < -0.39 is 0 Å². The lowest BCUT2D eigenvalue weighted by Crippen LogP contribution is -2.47. The molecule has 1 heteroatoms. The Morgan fingerprint density at radius 3 is 2.71 bits per heavy atom. The normalized spacial score (nSPS) is 38.6. The van der Waals surface area contributed by atoms with E-state index in [4.69, 9.17) is 0 Å². The predicted octanol–water partition coefficient (Wildman–Crippen LogP) is 3.44. The molecule has 0 saturated carbocycles. The molecule has 0 amide bonds. The van der Waals surface area contributed by atoms with Gasteiger partial charge in [0.05, 0.1) is 0 Å². The standard InChI is InChI=1S/C13H25N/c1-3-6-12-9-8-11(4-2)13-7-5-10-14(12)13/h11-13H,3-10H2,1-2H3/t11-,12+,13-/m0/s1. The lowest BCUT2D eigenvalue weighted by atomic mass is 9.83. The molecule has 2 saturated heterocycles. The molecule has 0 N–H and O–H groups in total. The quantitative estimate of drug-likeness (QED) is 0.667. The van der Waals surface area contributed by atoms with E-state index in [1.807, 2.05) is 0 Å². The van der Waals surface area contributed by atoms with E-state index >= 15 is 0 Å². The van der Waals surface area contributed by atoms with Gasteiger partial charge >= 0.3 is 0 Å². The fourth-order valence-electron chi connectivity index (χ4n) is 3.66. The Bertz CT molecular complexity index is 178. The van der Waals surface area contributed by atoms with Gasteiger partial charge < -0.3 is 0 Å². The van der Waals surface area contributed by atoms with Gasteiger partial charge in [-0.2, -0.15) is 0 Å². The molecule has 2 heterocycles. The van der Waals surface area contributed by atoms with Crippen molar-refractivity contribution in [3.05, 3.63) is 0 Å². The number of hydrogen-bond donors (Lipinski definition) is 0. The van der Waals surface area contributed by atoms with Gasteiger partial charge in [-0.05, 0) is 44.6 Å². The molecule has 14 heavy (non-hydrogen) atoms. The zero-order valence-electron chi connectivity index (χ0n) is 9.84. The maximum absolute atomic E-state index is 2.85. The van der Waals surface area contributed by atoms with E-state index in [2.05, 4.69) is 18.7 Å². The molecule has 2 fully saturated rings. The summed E-state index contributed by atoms with van der Waals surface area (Å²) in [6, 6.07) is 1.90. The second-order valence-corrected chi connectivity index (χ2v) is 5.14. The number of nitrogens with zero attached hydrogens (tertiary/aromatic N) is 1. The van der Waals surface area contributed by atoms with Crippen molar-refractivity contribution in [1.82, 2.24) is 4.90 Å². The monoisotopic (exact) mass is 195 g/mol. The molecule has 2 rings (SSSR count). The predicted molar refractivity (Wildman–Crippen MR) is 61.4 cm³/mol. The Kier molecular flexibility index (Phi) is 3.48. The Morgan fingerprint density at radius 1 is 1.14 bits per heavy atom. The van der Waals surface area contributed by atoms with Crippen molar-refractivity contribution in [3.63, 3.8) is 0 Å². The average molecular weight is 195 g/mol. The van der Waals surface area contributed by atoms with Gasteiger partial charge in [0.1, 0.15) is 0 Å². The van der Waals surface area contributed by atoms with E-state index in [1.54, 1.807) is 0 Å². The molecule has 2 aliphatic heterocycles. The third-order valence-electron chi connectivity index (χ3n) is 4.37. The van der Waals surface area contributed by atoms with Crippen LogP contribution < -0.4 is 0 Å². The van der Waals surface area contributed by atoms with Gasteiger partial charge in [-0.3, -0.25) is 4.90 Å². The van der Waals surface area contributed by atoms with Gasteiger partial charge in [0.25, 0.3) is 0 Å². The van der Waals surface area contributed by atoms with E-state index in [-0.39, 0.29) is 0 Å². The van der Waals surface area contributed by atoms with Crippen LogP contribution in [0.4, 0.5) is 0 Å². The molecular formula is C13H25N. The van der Waals surface area contributed by atoms with Crippen molar-refractivity contribution < 1.29 is 0 Å². The van der Waals surface area contributed by atoms with Gasteiger partial charge in [-0.1, -0.05) is 26.7 Å². The molecule has 0 aromatic heterocycles. The summed E-state index contributed by atoms with van der Waals surface area (Å²) < 4.78 is 0. The topological polar surface area (TPSA) is 3.24 Å². The highest BCUT2D eigenvalue weighted by Crippen LogP contribution is 2.37. The first kappa shape index (κ1) is 10.5. The third-order valence-corrected chi connectivity index (χ3v) is 4.37. The zero-order valence-corrected chi connectivity index (χ0v) is 9.84. The molecule has 0 aromatic rings. The summed E-state index contributed by atoms with van der Waals surface area (Å²) in [5, 5.41) is 0. The smallest absolute Gasteiger partial charge is 0.0127 e. The van der Waals surface area contributed by atoms with Crippen LogP contribution in [-0.2, 0) is 0 Å².